The van der Waals surface area contributed by atoms with Crippen LogP contribution in [0.2, 0.25) is 0 Å². The van der Waals surface area contributed by atoms with Crippen molar-refractivity contribution in [3.63, 3.8) is 0 Å². The quantitative estimate of drug-likeness (QED) is 0.671. The summed E-state index contributed by atoms with van der Waals surface area (Å²) in [5.74, 6) is -0.0499. The minimum absolute atomic E-state index is 0.114. The Balaban J connectivity index is 2.56. The summed E-state index contributed by atoms with van der Waals surface area (Å²) in [6, 6.07) is 0. The minimum atomic E-state index is -0.617. The van der Waals surface area contributed by atoms with Crippen LogP contribution in [0, 0.1) is 5.92 Å². The molecule has 0 spiro atoms. The van der Waals surface area contributed by atoms with Crippen LogP contribution in [-0.2, 0) is 15.9 Å². The van der Waals surface area contributed by atoms with E-state index in [-0.39, 0.29) is 11.8 Å². The molecule has 84 valence electrons. The monoisotopic (exact) mass is 214 g/mol. The lowest BCUT2D eigenvalue weighted by atomic mass is 10.1. The zero-order valence-corrected chi connectivity index (χ0v) is 9.02. The second-order valence-corrected chi connectivity index (χ2v) is 3.26. The van der Waals surface area contributed by atoms with Gasteiger partial charge in [0, 0.05) is 20.1 Å². The topological polar surface area (TPSA) is 74.5 Å². The number of rotatable bonds is 5. The molecular formula is C9H14N2O4. The molecule has 15 heavy (non-hydrogen) atoms. The smallest absolute Gasteiger partial charge is 0.396 e. The molecule has 1 aromatic rings. The molecule has 0 amide bonds. The number of hydrogen-bond acceptors (Lipinski definition) is 6. The number of nitrogens with zero attached hydrogens (tertiary/aromatic N) is 2. The number of aromatic nitrogens is 2. The van der Waals surface area contributed by atoms with Crippen LogP contribution in [-0.4, -0.2) is 37.0 Å². The number of hydrogen-bond donors (Lipinski definition) is 0. The molecule has 1 heterocycles. The predicted molar refractivity (Wildman–Crippen MR) is 50.4 cm³/mol. The van der Waals surface area contributed by atoms with Crippen LogP contribution in [0.3, 0.4) is 0 Å². The van der Waals surface area contributed by atoms with Crippen molar-refractivity contribution < 1.29 is 18.7 Å². The van der Waals surface area contributed by atoms with Crippen LogP contribution in [0.4, 0.5) is 0 Å². The van der Waals surface area contributed by atoms with Crippen LogP contribution in [0.15, 0.2) is 4.42 Å². The van der Waals surface area contributed by atoms with Crippen LogP contribution in [0.5, 0.6) is 0 Å². The Kier molecular flexibility index (Phi) is 4.23. The van der Waals surface area contributed by atoms with Crippen molar-refractivity contribution in [1.29, 1.82) is 0 Å². The largest absolute Gasteiger partial charge is 0.462 e. The first-order valence-electron chi connectivity index (χ1n) is 4.57. The first-order chi connectivity index (χ1) is 7.17. The fourth-order valence-electron chi connectivity index (χ4n) is 1.15. The van der Waals surface area contributed by atoms with Gasteiger partial charge >= 0.3 is 11.9 Å². The van der Waals surface area contributed by atoms with E-state index < -0.39 is 5.97 Å². The lowest BCUT2D eigenvalue weighted by molar-refractivity contribution is 0.0553. The molecule has 0 bridgehead atoms. The molecule has 1 unspecified atom stereocenters. The molecule has 1 rings (SSSR count). The molecule has 0 aliphatic rings. The molecule has 0 aromatic carbocycles. The molecule has 0 aliphatic heterocycles. The SMILES string of the molecule is COCC(C)Cc1nnc(C(=O)OC)o1. The number of carbonyl (C=O) groups excluding carboxylic acids is 1. The van der Waals surface area contributed by atoms with E-state index in [1.807, 2.05) is 6.92 Å². The van der Waals surface area contributed by atoms with Crippen molar-refractivity contribution in [2.24, 2.45) is 5.92 Å². The van der Waals surface area contributed by atoms with E-state index in [4.69, 9.17) is 9.15 Å². The van der Waals surface area contributed by atoms with Crippen molar-refractivity contribution in [3.8, 4) is 0 Å². The maximum absolute atomic E-state index is 11.0. The third-order valence-electron chi connectivity index (χ3n) is 1.80. The van der Waals surface area contributed by atoms with E-state index in [0.717, 1.165) is 0 Å². The van der Waals surface area contributed by atoms with Gasteiger partial charge in [0.1, 0.15) is 0 Å². The van der Waals surface area contributed by atoms with Gasteiger partial charge in [-0.3, -0.25) is 0 Å². The highest BCUT2D eigenvalue weighted by atomic mass is 16.5. The zero-order valence-electron chi connectivity index (χ0n) is 9.02. The Morgan fingerprint density at radius 1 is 1.47 bits per heavy atom. The maximum Gasteiger partial charge on any atom is 0.396 e. The molecule has 0 saturated heterocycles. The molecule has 6 heteroatoms. The van der Waals surface area contributed by atoms with E-state index in [1.165, 1.54) is 7.11 Å². The molecule has 1 atom stereocenters. The molecule has 0 radical (unpaired) electrons. The van der Waals surface area contributed by atoms with E-state index in [2.05, 4.69) is 14.9 Å². The van der Waals surface area contributed by atoms with Gasteiger partial charge in [-0.15, -0.1) is 10.2 Å². The third kappa shape index (κ3) is 3.32. The molecule has 0 saturated carbocycles. The molecule has 6 nitrogen and oxygen atoms in total. The Hall–Kier alpha value is -1.43. The highest BCUT2D eigenvalue weighted by Gasteiger charge is 2.16. The van der Waals surface area contributed by atoms with Gasteiger partial charge in [-0.2, -0.15) is 0 Å². The summed E-state index contributed by atoms with van der Waals surface area (Å²) in [5, 5.41) is 7.30. The third-order valence-corrected chi connectivity index (χ3v) is 1.80. The average molecular weight is 214 g/mol. The van der Waals surface area contributed by atoms with Gasteiger partial charge in [-0.05, 0) is 5.92 Å². The molecule has 0 fully saturated rings. The lowest BCUT2D eigenvalue weighted by Gasteiger charge is -2.05. The predicted octanol–water partition coefficient (Wildman–Crippen LogP) is 0.681. The van der Waals surface area contributed by atoms with Gasteiger partial charge in [-0.1, -0.05) is 6.92 Å². The maximum atomic E-state index is 11.0. The van der Waals surface area contributed by atoms with Crippen molar-refractivity contribution in [2.75, 3.05) is 20.8 Å². The van der Waals surface area contributed by atoms with Crippen molar-refractivity contribution in [3.05, 3.63) is 11.8 Å². The first-order valence-corrected chi connectivity index (χ1v) is 4.57. The summed E-state index contributed by atoms with van der Waals surface area (Å²) in [6.07, 6.45) is 0.581. The summed E-state index contributed by atoms with van der Waals surface area (Å²) in [4.78, 5) is 11.0. The Morgan fingerprint density at radius 3 is 2.80 bits per heavy atom. The number of ether oxygens (including phenoxy) is 2. The zero-order chi connectivity index (χ0) is 11.3. The Morgan fingerprint density at radius 2 is 2.20 bits per heavy atom. The standard InChI is InChI=1S/C9H14N2O4/c1-6(5-13-2)4-7-10-11-8(15-7)9(12)14-3/h6H,4-5H2,1-3H3. The molecule has 1 aromatic heterocycles. The van der Waals surface area contributed by atoms with Gasteiger partial charge < -0.3 is 13.9 Å². The van der Waals surface area contributed by atoms with Gasteiger partial charge in [0.2, 0.25) is 5.89 Å². The van der Waals surface area contributed by atoms with Crippen molar-refractivity contribution in [1.82, 2.24) is 10.2 Å². The number of methoxy groups -OCH3 is 2. The van der Waals surface area contributed by atoms with E-state index in [0.29, 0.717) is 18.9 Å². The van der Waals surface area contributed by atoms with Crippen molar-refractivity contribution >= 4 is 5.97 Å². The lowest BCUT2D eigenvalue weighted by Crippen LogP contribution is -2.07. The summed E-state index contributed by atoms with van der Waals surface area (Å²) < 4.78 is 14.5. The molecule has 0 N–H and O–H groups in total. The second kappa shape index (κ2) is 5.45. The summed E-state index contributed by atoms with van der Waals surface area (Å²) in [7, 11) is 2.89. The summed E-state index contributed by atoms with van der Waals surface area (Å²) in [5.41, 5.74) is 0. The van der Waals surface area contributed by atoms with Gasteiger partial charge in [0.15, 0.2) is 0 Å². The van der Waals surface area contributed by atoms with Gasteiger partial charge in [0.25, 0.3) is 0 Å². The highest BCUT2D eigenvalue weighted by Crippen LogP contribution is 2.08. The average Bonchev–Trinajstić information content (AvgIpc) is 2.65. The van der Waals surface area contributed by atoms with Crippen molar-refractivity contribution in [2.45, 2.75) is 13.3 Å². The minimum Gasteiger partial charge on any atom is -0.462 e. The summed E-state index contributed by atoms with van der Waals surface area (Å²) >= 11 is 0. The Bertz CT molecular complexity index is 324. The van der Waals surface area contributed by atoms with Crippen LogP contribution in [0.1, 0.15) is 23.5 Å². The highest BCUT2D eigenvalue weighted by molar-refractivity contribution is 5.83. The van der Waals surface area contributed by atoms with Gasteiger partial charge in [0.05, 0.1) is 7.11 Å². The normalized spacial score (nSPS) is 12.5. The number of esters is 1. The van der Waals surface area contributed by atoms with Crippen LogP contribution in [0.25, 0.3) is 0 Å². The van der Waals surface area contributed by atoms with E-state index >= 15 is 0 Å². The van der Waals surface area contributed by atoms with Crippen LogP contribution < -0.4 is 0 Å². The molecular weight excluding hydrogens is 200 g/mol. The fraction of sp³-hybridized carbons (Fsp3) is 0.667. The Labute approximate surface area is 87.6 Å². The fourth-order valence-corrected chi connectivity index (χ4v) is 1.15. The van der Waals surface area contributed by atoms with Crippen LogP contribution >= 0.6 is 0 Å². The molecule has 0 aliphatic carbocycles. The first kappa shape index (κ1) is 11.6. The second-order valence-electron chi connectivity index (χ2n) is 3.26. The van der Waals surface area contributed by atoms with Gasteiger partial charge in [-0.25, -0.2) is 4.79 Å². The van der Waals surface area contributed by atoms with E-state index in [9.17, 15) is 4.79 Å². The summed E-state index contributed by atoms with van der Waals surface area (Å²) in [6.45, 7) is 2.60. The number of carbonyl (C=O) groups is 1. The van der Waals surface area contributed by atoms with E-state index in [1.54, 1.807) is 7.11 Å².